The number of rotatable bonds is 4. The normalized spacial score (nSPS) is 19.8. The van der Waals surface area contributed by atoms with Crippen molar-refractivity contribution >= 4 is 24.5 Å². The van der Waals surface area contributed by atoms with E-state index in [9.17, 15) is 4.39 Å². The van der Waals surface area contributed by atoms with Gasteiger partial charge in [-0.3, -0.25) is 0 Å². The molecule has 0 unspecified atom stereocenters. The SMILES string of the molecule is COc1cc(OC)c(Cl)c(/C(F)=C/B2OC(C)(C)C(C)(C)O2)c1. The number of ether oxygens (including phenoxy) is 2. The van der Waals surface area contributed by atoms with Gasteiger partial charge in [-0.1, -0.05) is 11.6 Å². The second-order valence-corrected chi connectivity index (χ2v) is 6.71. The molecule has 0 N–H and O–H groups in total. The third-order valence-electron chi connectivity index (χ3n) is 4.28. The van der Waals surface area contributed by atoms with Crippen LogP contribution in [0.25, 0.3) is 5.83 Å². The van der Waals surface area contributed by atoms with E-state index in [1.807, 2.05) is 27.7 Å². The molecular weight excluding hydrogens is 321 g/mol. The van der Waals surface area contributed by atoms with Crippen molar-refractivity contribution in [1.29, 1.82) is 0 Å². The van der Waals surface area contributed by atoms with E-state index in [1.54, 1.807) is 6.07 Å². The maximum absolute atomic E-state index is 14.7. The summed E-state index contributed by atoms with van der Waals surface area (Å²) in [5, 5.41) is 0.165. The van der Waals surface area contributed by atoms with Crippen LogP contribution in [0.1, 0.15) is 33.3 Å². The van der Waals surface area contributed by atoms with Crippen LogP contribution in [0.5, 0.6) is 11.5 Å². The van der Waals surface area contributed by atoms with Crippen LogP contribution in [0, 0.1) is 0 Å². The summed E-state index contributed by atoms with van der Waals surface area (Å²) in [6.07, 6.45) is 0. The molecule has 1 fully saturated rings. The van der Waals surface area contributed by atoms with Gasteiger partial charge in [0.2, 0.25) is 0 Å². The molecule has 0 amide bonds. The Morgan fingerprint density at radius 2 is 1.70 bits per heavy atom. The topological polar surface area (TPSA) is 36.9 Å². The fraction of sp³-hybridized carbons (Fsp3) is 0.500. The lowest BCUT2D eigenvalue weighted by Gasteiger charge is -2.32. The monoisotopic (exact) mass is 342 g/mol. The van der Waals surface area contributed by atoms with Crippen molar-refractivity contribution in [3.05, 3.63) is 28.7 Å². The first-order valence-corrected chi connectivity index (χ1v) is 7.64. The number of hydrogen-bond donors (Lipinski definition) is 0. The van der Waals surface area contributed by atoms with E-state index in [2.05, 4.69) is 0 Å². The van der Waals surface area contributed by atoms with Crippen molar-refractivity contribution in [3.63, 3.8) is 0 Å². The van der Waals surface area contributed by atoms with Crippen LogP contribution in [0.2, 0.25) is 5.02 Å². The minimum Gasteiger partial charge on any atom is -0.497 e. The molecule has 0 saturated carbocycles. The van der Waals surface area contributed by atoms with Gasteiger partial charge in [0.1, 0.15) is 17.3 Å². The number of benzene rings is 1. The van der Waals surface area contributed by atoms with E-state index >= 15 is 0 Å². The number of hydrogen-bond acceptors (Lipinski definition) is 4. The van der Waals surface area contributed by atoms with Crippen LogP contribution in [0.15, 0.2) is 18.1 Å². The molecule has 0 spiro atoms. The molecule has 1 saturated heterocycles. The van der Waals surface area contributed by atoms with E-state index in [4.69, 9.17) is 30.4 Å². The molecule has 0 aliphatic carbocycles. The van der Waals surface area contributed by atoms with Gasteiger partial charge in [0.05, 0.1) is 30.4 Å². The van der Waals surface area contributed by atoms with Gasteiger partial charge in [0, 0.05) is 11.6 Å². The lowest BCUT2D eigenvalue weighted by atomic mass is 9.88. The Labute approximate surface area is 141 Å². The first-order chi connectivity index (χ1) is 10.6. The second kappa shape index (κ2) is 6.34. The van der Waals surface area contributed by atoms with Gasteiger partial charge in [-0.05, 0) is 39.7 Å². The molecule has 1 aliphatic heterocycles. The van der Waals surface area contributed by atoms with Crippen molar-refractivity contribution in [1.82, 2.24) is 0 Å². The molecule has 0 aromatic heterocycles. The zero-order valence-corrected chi connectivity index (χ0v) is 15.0. The van der Waals surface area contributed by atoms with Crippen molar-refractivity contribution in [2.45, 2.75) is 38.9 Å². The van der Waals surface area contributed by atoms with E-state index in [-0.39, 0.29) is 10.6 Å². The molecule has 2 rings (SSSR count). The van der Waals surface area contributed by atoms with Crippen LogP contribution in [-0.4, -0.2) is 32.5 Å². The Morgan fingerprint density at radius 1 is 1.13 bits per heavy atom. The highest BCUT2D eigenvalue weighted by atomic mass is 35.5. The highest BCUT2D eigenvalue weighted by Crippen LogP contribution is 2.40. The summed E-state index contributed by atoms with van der Waals surface area (Å²) in [6.45, 7) is 7.61. The Bertz CT molecular complexity index is 615. The summed E-state index contributed by atoms with van der Waals surface area (Å²) in [6, 6.07) is 3.09. The van der Waals surface area contributed by atoms with Crippen molar-refractivity contribution < 1.29 is 23.2 Å². The van der Waals surface area contributed by atoms with Crippen molar-refractivity contribution in [2.24, 2.45) is 0 Å². The Hall–Kier alpha value is -1.24. The van der Waals surface area contributed by atoms with Gasteiger partial charge in [0.25, 0.3) is 0 Å². The van der Waals surface area contributed by atoms with Gasteiger partial charge >= 0.3 is 7.12 Å². The Kier molecular flexibility index (Phi) is 4.99. The first kappa shape index (κ1) is 18.1. The first-order valence-electron chi connectivity index (χ1n) is 7.26. The fourth-order valence-corrected chi connectivity index (χ4v) is 2.46. The summed E-state index contributed by atoms with van der Waals surface area (Å²) in [7, 11) is 2.15. The molecule has 4 nitrogen and oxygen atoms in total. The molecule has 1 aromatic carbocycles. The number of halogens is 2. The smallest absolute Gasteiger partial charge is 0.490 e. The molecule has 0 atom stereocenters. The lowest BCUT2D eigenvalue weighted by molar-refractivity contribution is 0.00578. The highest BCUT2D eigenvalue weighted by Gasteiger charge is 2.50. The molecule has 1 heterocycles. The summed E-state index contributed by atoms with van der Waals surface area (Å²) < 4.78 is 36.5. The quantitative estimate of drug-likeness (QED) is 0.765. The lowest BCUT2D eigenvalue weighted by Crippen LogP contribution is -2.41. The molecule has 1 aliphatic rings. The van der Waals surface area contributed by atoms with Gasteiger partial charge in [-0.2, -0.15) is 0 Å². The second-order valence-electron chi connectivity index (χ2n) is 6.33. The van der Waals surface area contributed by atoms with Crippen LogP contribution in [0.3, 0.4) is 0 Å². The highest BCUT2D eigenvalue weighted by molar-refractivity contribution is 6.53. The van der Waals surface area contributed by atoms with Gasteiger partial charge in [-0.15, -0.1) is 0 Å². The predicted octanol–water partition coefficient (Wildman–Crippen LogP) is 4.30. The summed E-state index contributed by atoms with van der Waals surface area (Å²) in [5.74, 6) is 1.47. The number of methoxy groups -OCH3 is 2. The molecule has 1 aromatic rings. The fourth-order valence-electron chi connectivity index (χ4n) is 2.18. The molecule has 0 radical (unpaired) electrons. The zero-order valence-electron chi connectivity index (χ0n) is 14.2. The largest absolute Gasteiger partial charge is 0.497 e. The van der Waals surface area contributed by atoms with Gasteiger partial charge in [0.15, 0.2) is 0 Å². The zero-order chi connectivity index (χ0) is 17.4. The molecule has 126 valence electrons. The van der Waals surface area contributed by atoms with E-state index in [0.717, 1.165) is 0 Å². The average Bonchev–Trinajstić information content (AvgIpc) is 2.66. The van der Waals surface area contributed by atoms with Crippen LogP contribution >= 0.6 is 11.6 Å². The van der Waals surface area contributed by atoms with Crippen molar-refractivity contribution in [2.75, 3.05) is 14.2 Å². The molecule has 7 heteroatoms. The third-order valence-corrected chi connectivity index (χ3v) is 4.67. The Morgan fingerprint density at radius 3 is 2.17 bits per heavy atom. The molecule has 23 heavy (non-hydrogen) atoms. The van der Waals surface area contributed by atoms with Crippen LogP contribution < -0.4 is 9.47 Å². The average molecular weight is 343 g/mol. The van der Waals surface area contributed by atoms with E-state index < -0.39 is 24.1 Å². The Balaban J connectivity index is 2.36. The summed E-state index contributed by atoms with van der Waals surface area (Å²) >= 11 is 6.19. The summed E-state index contributed by atoms with van der Waals surface area (Å²) in [5.41, 5.74) is -0.910. The standard InChI is InChI=1S/C16H21BClFO4/c1-15(2)16(3,4)23-17(22-15)9-12(19)11-7-10(20-5)8-13(21-6)14(11)18/h7-9H,1-6H3/b12-9-. The van der Waals surface area contributed by atoms with Gasteiger partial charge in [-0.25, -0.2) is 4.39 Å². The van der Waals surface area contributed by atoms with E-state index in [1.165, 1.54) is 26.3 Å². The maximum Gasteiger partial charge on any atom is 0.490 e. The predicted molar refractivity (Wildman–Crippen MR) is 89.7 cm³/mol. The minimum absolute atomic E-state index is 0.164. The van der Waals surface area contributed by atoms with Crippen LogP contribution in [0.4, 0.5) is 4.39 Å². The minimum atomic E-state index is -0.798. The van der Waals surface area contributed by atoms with E-state index in [0.29, 0.717) is 11.5 Å². The molecule has 0 bridgehead atoms. The third kappa shape index (κ3) is 3.49. The van der Waals surface area contributed by atoms with Gasteiger partial charge < -0.3 is 18.8 Å². The maximum atomic E-state index is 14.7. The summed E-state index contributed by atoms with van der Waals surface area (Å²) in [4.78, 5) is 0. The van der Waals surface area contributed by atoms with Crippen molar-refractivity contribution in [3.8, 4) is 11.5 Å². The molecular formula is C16H21BClFO4. The van der Waals surface area contributed by atoms with Crippen LogP contribution in [-0.2, 0) is 9.31 Å².